The molecule has 28 heteroatoms. The van der Waals surface area contributed by atoms with E-state index in [4.69, 9.17) is 5.73 Å². The van der Waals surface area contributed by atoms with Crippen molar-refractivity contribution in [3.8, 4) is 16.5 Å². The van der Waals surface area contributed by atoms with Gasteiger partial charge in [-0.2, -0.15) is 24.7 Å². The van der Waals surface area contributed by atoms with Crippen molar-refractivity contribution < 1.29 is 197 Å². The van der Waals surface area contributed by atoms with E-state index < -0.39 is 57.5 Å². The SMILES string of the molecule is CC(C)(C)c1nn(-c2nc(Nc3cc(C(=O)[O-])cc(C(=O)[O-])c3)nc(Nc3cc(C(=O)[O-])cc(C(=O)[O-])c3)n2)c(N)c1N=Nc1nnc(-c2cccc(C(=O)[O-])c2)s1.[Na+].[Na+].[Na+].[Na+].[Na+]. The third-order valence-corrected chi connectivity index (χ3v) is 8.59. The molecule has 22 nitrogen and oxygen atoms in total. The van der Waals surface area contributed by atoms with Crippen molar-refractivity contribution in [1.29, 1.82) is 0 Å². The quantitative estimate of drug-likeness (QED) is 0.0715. The molecule has 0 atom stereocenters. The summed E-state index contributed by atoms with van der Waals surface area (Å²) in [7, 11) is 0. The van der Waals surface area contributed by atoms with Crippen LogP contribution in [0.15, 0.2) is 70.9 Å². The first-order valence-electron chi connectivity index (χ1n) is 16.3. The predicted molar refractivity (Wildman–Crippen MR) is 191 cm³/mol. The van der Waals surface area contributed by atoms with Crippen LogP contribution in [0.1, 0.15) is 78.3 Å². The smallest absolute Gasteiger partial charge is 0.545 e. The van der Waals surface area contributed by atoms with Crippen LogP contribution in [-0.4, -0.2) is 64.8 Å². The standard InChI is InChI=1S/C35H28N12O10S.5Na/c1-35(2,3)23-22(42-44-34-45-43-25(58-34)14-5-4-6-15(7-14)26(48)49)24(36)47(46-23)33-40-31(37-20-10-16(27(50)51)8-17(11-20)28(52)53)39-32(41-33)38-21-12-18(29(54)55)9-19(13-21)30(56)57;;;;;/h4-13H,36H2,1-3H3,(H,48,49)(H,50,51)(H,52,53)(H,54,55)(H,56,57)(H2,37,38,39,40,41);;;;;/q;5*+1/p-5. The van der Waals surface area contributed by atoms with E-state index in [1.54, 1.807) is 26.8 Å². The Kier molecular flexibility index (Phi) is 22.3. The van der Waals surface area contributed by atoms with Crippen molar-refractivity contribution in [2.24, 2.45) is 10.2 Å². The summed E-state index contributed by atoms with van der Waals surface area (Å²) < 4.78 is 1.04. The molecule has 0 amide bonds. The van der Waals surface area contributed by atoms with Crippen LogP contribution in [-0.2, 0) is 5.41 Å². The second-order valence-corrected chi connectivity index (χ2v) is 13.9. The van der Waals surface area contributed by atoms with Gasteiger partial charge in [-0.3, -0.25) is 0 Å². The number of benzene rings is 3. The van der Waals surface area contributed by atoms with Gasteiger partial charge in [-0.15, -0.1) is 20.4 Å². The number of nitrogen functional groups attached to an aromatic ring is 1. The van der Waals surface area contributed by atoms with Crippen molar-refractivity contribution in [3.05, 3.63) is 94.2 Å². The molecule has 0 spiro atoms. The summed E-state index contributed by atoms with van der Waals surface area (Å²) in [5.74, 6) is -9.52. The maximum atomic E-state index is 11.7. The average Bonchev–Trinajstić information content (AvgIpc) is 3.78. The topological polar surface area (TPSA) is 358 Å². The minimum absolute atomic E-state index is 0. The van der Waals surface area contributed by atoms with Gasteiger partial charge in [-0.1, -0.05) is 50.3 Å². The Morgan fingerprint density at radius 2 is 1.10 bits per heavy atom. The van der Waals surface area contributed by atoms with Crippen molar-refractivity contribution in [2.45, 2.75) is 26.2 Å². The van der Waals surface area contributed by atoms with Crippen molar-refractivity contribution in [3.63, 3.8) is 0 Å². The summed E-state index contributed by atoms with van der Waals surface area (Å²) in [6, 6.07) is 11.6. The molecule has 294 valence electrons. The Morgan fingerprint density at radius 1 is 0.635 bits per heavy atom. The first kappa shape index (κ1) is 57.8. The number of carboxylic acid groups (broad SMARTS) is 5. The van der Waals surface area contributed by atoms with Crippen LogP contribution in [0, 0.1) is 0 Å². The van der Waals surface area contributed by atoms with Crippen LogP contribution >= 0.6 is 11.3 Å². The van der Waals surface area contributed by atoms with Crippen LogP contribution in [0.3, 0.4) is 0 Å². The van der Waals surface area contributed by atoms with E-state index in [2.05, 4.69) is 51.1 Å². The van der Waals surface area contributed by atoms with Crippen molar-refractivity contribution in [1.82, 2.24) is 34.9 Å². The number of nitrogens with one attached hydrogen (secondary N) is 2. The first-order chi connectivity index (χ1) is 27.4. The number of aromatic nitrogens is 7. The zero-order valence-corrected chi connectivity index (χ0v) is 45.7. The Bertz CT molecular complexity index is 2570. The Morgan fingerprint density at radius 3 is 1.52 bits per heavy atom. The van der Waals surface area contributed by atoms with E-state index >= 15 is 0 Å². The van der Waals surface area contributed by atoms with E-state index in [-0.39, 0.29) is 205 Å². The molecule has 3 heterocycles. The van der Waals surface area contributed by atoms with Gasteiger partial charge < -0.3 is 65.9 Å². The molecule has 6 rings (SSSR count). The fraction of sp³-hybridized carbons (Fsp3) is 0.114. The van der Waals surface area contributed by atoms with Gasteiger partial charge in [0.2, 0.25) is 11.9 Å². The Labute approximate surface area is 470 Å². The minimum Gasteiger partial charge on any atom is -0.545 e. The number of hydrogen-bond acceptors (Lipinski definition) is 22. The zero-order valence-electron chi connectivity index (χ0n) is 34.9. The second kappa shape index (κ2) is 24.4. The number of rotatable bonds is 13. The van der Waals surface area contributed by atoms with Gasteiger partial charge >= 0.3 is 148 Å². The van der Waals surface area contributed by atoms with E-state index in [1.807, 2.05) is 0 Å². The number of nitrogens with two attached hydrogens (primary N) is 1. The molecule has 3 aromatic heterocycles. The van der Waals surface area contributed by atoms with Crippen molar-refractivity contribution in [2.75, 3.05) is 16.4 Å². The van der Waals surface area contributed by atoms with Crippen LogP contribution in [0.4, 0.5) is 39.9 Å². The van der Waals surface area contributed by atoms with Crippen LogP contribution in [0.2, 0.25) is 0 Å². The van der Waals surface area contributed by atoms with E-state index in [9.17, 15) is 49.5 Å². The van der Waals surface area contributed by atoms with Gasteiger partial charge in [-0.05, 0) is 70.3 Å². The number of azo groups is 1. The maximum Gasteiger partial charge on any atom is 1.00 e. The van der Waals surface area contributed by atoms with Gasteiger partial charge in [0.05, 0.1) is 35.5 Å². The summed E-state index contributed by atoms with van der Waals surface area (Å²) in [4.78, 5) is 70.8. The number of nitrogens with zero attached hydrogens (tertiary/aromatic N) is 9. The molecule has 0 aliphatic heterocycles. The molecule has 0 radical (unpaired) electrons. The van der Waals surface area contributed by atoms with Gasteiger partial charge in [0.15, 0.2) is 11.5 Å². The number of carboxylic acids is 5. The van der Waals surface area contributed by atoms with Crippen LogP contribution < -0.4 is 190 Å². The summed E-state index contributed by atoms with van der Waals surface area (Å²) in [6.45, 7) is 5.37. The fourth-order valence-corrected chi connectivity index (χ4v) is 5.79. The summed E-state index contributed by atoms with van der Waals surface area (Å²) in [5, 5.41) is 84.8. The summed E-state index contributed by atoms with van der Waals surface area (Å²) >= 11 is 0.989. The molecule has 6 aromatic rings. The van der Waals surface area contributed by atoms with Crippen LogP contribution in [0.5, 0.6) is 0 Å². The Hall–Kier alpha value is -3.21. The van der Waals surface area contributed by atoms with Gasteiger partial charge in [0.1, 0.15) is 5.01 Å². The van der Waals surface area contributed by atoms with E-state index in [0.717, 1.165) is 52.4 Å². The number of hydrogen-bond donors (Lipinski definition) is 3. The Balaban J connectivity index is 0.00000397. The fourth-order valence-electron chi connectivity index (χ4n) is 5.12. The first-order valence-corrected chi connectivity index (χ1v) is 17.1. The molecule has 4 N–H and O–H groups in total. The van der Waals surface area contributed by atoms with Crippen LogP contribution in [0.25, 0.3) is 16.5 Å². The number of carbonyl (C=O) groups excluding carboxylic acids is 5. The summed E-state index contributed by atoms with van der Waals surface area (Å²) in [6.07, 6.45) is 0. The molecule has 0 unspecified atom stereocenters. The van der Waals surface area contributed by atoms with Crippen molar-refractivity contribution >= 4 is 81.1 Å². The normalized spacial score (nSPS) is 10.5. The molecule has 0 saturated carbocycles. The number of aromatic carboxylic acids is 5. The molecule has 3 aromatic carbocycles. The largest absolute Gasteiger partial charge is 1.00 e. The number of anilines is 5. The van der Waals surface area contributed by atoms with Gasteiger partial charge in [0, 0.05) is 22.4 Å². The van der Waals surface area contributed by atoms with E-state index in [1.165, 1.54) is 18.2 Å². The molecule has 0 saturated heterocycles. The summed E-state index contributed by atoms with van der Waals surface area (Å²) in [5.41, 5.74) is 4.00. The second-order valence-electron chi connectivity index (χ2n) is 13.0. The molecule has 0 aliphatic carbocycles. The zero-order chi connectivity index (χ0) is 42.1. The third-order valence-electron chi connectivity index (χ3n) is 7.73. The molecule has 0 aliphatic rings. The molecular weight excluding hydrogens is 895 g/mol. The molecule has 0 fully saturated rings. The third kappa shape index (κ3) is 14.4. The molecule has 0 bridgehead atoms. The molecular formula is C35H23N12Na5O10S. The van der Waals surface area contributed by atoms with Gasteiger partial charge in [-0.25, -0.2) is 0 Å². The van der Waals surface area contributed by atoms with Gasteiger partial charge in [0.25, 0.3) is 11.1 Å². The monoisotopic (exact) mass is 918 g/mol. The predicted octanol–water partition coefficient (Wildman–Crippen LogP) is -15.8. The molecule has 63 heavy (non-hydrogen) atoms. The minimum atomic E-state index is -1.71. The average molecular weight is 919 g/mol. The maximum absolute atomic E-state index is 11.7. The number of carbonyl (C=O) groups is 5. The van der Waals surface area contributed by atoms with E-state index in [0.29, 0.717) is 10.6 Å².